The van der Waals surface area contributed by atoms with Gasteiger partial charge in [0.05, 0.1) is 26.1 Å². The molecule has 0 aromatic heterocycles. The fraction of sp³-hybridized carbons (Fsp3) is 0.375. The maximum absolute atomic E-state index is 11.9. The number of hydrogen-bond donors (Lipinski definition) is 1. The SMILES string of the molecule is CCCCS(=O)(=O)Oc1ccc(CCOc2ccc(C=C(OCC)C(=O)O)cc2OC)cc1. The second-order valence-electron chi connectivity index (χ2n) is 7.10. The van der Waals surface area contributed by atoms with Crippen molar-refractivity contribution in [1.29, 1.82) is 0 Å². The number of carboxylic acid groups (broad SMARTS) is 1. The third-order valence-corrected chi connectivity index (χ3v) is 5.77. The number of ether oxygens (including phenoxy) is 3. The minimum atomic E-state index is -3.57. The summed E-state index contributed by atoms with van der Waals surface area (Å²) >= 11 is 0. The van der Waals surface area contributed by atoms with Crippen LogP contribution in [0.15, 0.2) is 48.2 Å². The van der Waals surface area contributed by atoms with Crippen LogP contribution in [0.1, 0.15) is 37.8 Å². The van der Waals surface area contributed by atoms with E-state index in [0.29, 0.717) is 36.5 Å². The van der Waals surface area contributed by atoms with E-state index in [-0.39, 0.29) is 23.9 Å². The molecule has 0 fully saturated rings. The van der Waals surface area contributed by atoms with E-state index in [9.17, 15) is 18.3 Å². The van der Waals surface area contributed by atoms with Gasteiger partial charge in [0.15, 0.2) is 11.5 Å². The molecule has 0 aliphatic carbocycles. The van der Waals surface area contributed by atoms with Crippen LogP contribution in [0.5, 0.6) is 17.2 Å². The first kappa shape index (κ1) is 26.1. The summed E-state index contributed by atoms with van der Waals surface area (Å²) in [6, 6.07) is 11.9. The molecule has 0 saturated heterocycles. The van der Waals surface area contributed by atoms with Gasteiger partial charge in [0.1, 0.15) is 5.75 Å². The van der Waals surface area contributed by atoms with Crippen molar-refractivity contribution in [2.75, 3.05) is 26.1 Å². The maximum Gasteiger partial charge on any atom is 0.371 e. The largest absolute Gasteiger partial charge is 0.493 e. The van der Waals surface area contributed by atoms with Gasteiger partial charge in [0.2, 0.25) is 5.76 Å². The van der Waals surface area contributed by atoms with E-state index in [1.807, 2.05) is 6.92 Å². The van der Waals surface area contributed by atoms with Gasteiger partial charge in [0, 0.05) is 6.42 Å². The first-order valence-corrected chi connectivity index (χ1v) is 12.3. The van der Waals surface area contributed by atoms with Gasteiger partial charge in [-0.1, -0.05) is 31.5 Å². The average Bonchev–Trinajstić information content (AvgIpc) is 2.79. The number of carbonyl (C=O) groups is 1. The lowest BCUT2D eigenvalue weighted by Crippen LogP contribution is -2.13. The molecule has 8 nitrogen and oxygen atoms in total. The zero-order valence-corrected chi connectivity index (χ0v) is 19.9. The van der Waals surface area contributed by atoms with Gasteiger partial charge in [-0.15, -0.1) is 0 Å². The Morgan fingerprint density at radius 3 is 2.39 bits per heavy atom. The molecule has 180 valence electrons. The standard InChI is InChI=1S/C24H30O8S/c1-4-6-15-33(27,28)32-20-10-7-18(8-11-20)13-14-31-21-12-9-19(16-22(21)29-3)17-23(24(25)26)30-5-2/h7-12,16-17H,4-6,13-15H2,1-3H3,(H,25,26). The fourth-order valence-electron chi connectivity index (χ4n) is 2.87. The van der Waals surface area contributed by atoms with Gasteiger partial charge in [-0.3, -0.25) is 0 Å². The number of methoxy groups -OCH3 is 1. The topological polar surface area (TPSA) is 108 Å². The molecule has 0 atom stereocenters. The summed E-state index contributed by atoms with van der Waals surface area (Å²) < 4.78 is 45.2. The maximum atomic E-state index is 11.9. The van der Waals surface area contributed by atoms with Gasteiger partial charge >= 0.3 is 16.1 Å². The third-order valence-electron chi connectivity index (χ3n) is 4.54. The summed E-state index contributed by atoms with van der Waals surface area (Å²) in [5.41, 5.74) is 1.56. The smallest absolute Gasteiger partial charge is 0.371 e. The third kappa shape index (κ3) is 8.69. The van der Waals surface area contributed by atoms with Crippen LogP contribution in [-0.4, -0.2) is 45.6 Å². The van der Waals surface area contributed by atoms with Gasteiger partial charge in [-0.25, -0.2) is 4.79 Å². The Labute approximate surface area is 194 Å². The summed E-state index contributed by atoms with van der Waals surface area (Å²) in [6.07, 6.45) is 3.35. The van der Waals surface area contributed by atoms with Crippen LogP contribution in [0.4, 0.5) is 0 Å². The molecule has 0 aliphatic heterocycles. The van der Waals surface area contributed by atoms with Crippen molar-refractivity contribution in [3.05, 3.63) is 59.4 Å². The van der Waals surface area contributed by atoms with E-state index in [1.54, 1.807) is 49.4 Å². The van der Waals surface area contributed by atoms with Crippen LogP contribution in [0.3, 0.4) is 0 Å². The first-order valence-electron chi connectivity index (χ1n) is 10.7. The molecule has 0 amide bonds. The molecular weight excluding hydrogens is 448 g/mol. The Morgan fingerprint density at radius 2 is 1.79 bits per heavy atom. The molecule has 2 aromatic carbocycles. The van der Waals surface area contributed by atoms with E-state index < -0.39 is 16.1 Å². The molecule has 33 heavy (non-hydrogen) atoms. The zero-order valence-electron chi connectivity index (χ0n) is 19.1. The second-order valence-corrected chi connectivity index (χ2v) is 8.79. The number of hydrogen-bond acceptors (Lipinski definition) is 7. The molecule has 0 aliphatic rings. The Morgan fingerprint density at radius 1 is 1.06 bits per heavy atom. The van der Waals surface area contributed by atoms with Crippen LogP contribution >= 0.6 is 0 Å². The van der Waals surface area contributed by atoms with E-state index in [1.165, 1.54) is 13.2 Å². The predicted octanol–water partition coefficient (Wildman–Crippen LogP) is 4.29. The molecule has 2 aromatic rings. The lowest BCUT2D eigenvalue weighted by atomic mass is 10.1. The molecule has 2 rings (SSSR count). The monoisotopic (exact) mass is 478 g/mol. The first-order chi connectivity index (χ1) is 15.8. The van der Waals surface area contributed by atoms with Crippen molar-refractivity contribution in [1.82, 2.24) is 0 Å². The highest BCUT2D eigenvalue weighted by Gasteiger charge is 2.13. The fourth-order valence-corrected chi connectivity index (χ4v) is 4.00. The summed E-state index contributed by atoms with van der Waals surface area (Å²) in [4.78, 5) is 11.2. The van der Waals surface area contributed by atoms with Crippen molar-refractivity contribution in [2.24, 2.45) is 0 Å². The predicted molar refractivity (Wildman–Crippen MR) is 125 cm³/mol. The lowest BCUT2D eigenvalue weighted by Gasteiger charge is -2.12. The van der Waals surface area contributed by atoms with Crippen molar-refractivity contribution in [3.63, 3.8) is 0 Å². The molecule has 0 radical (unpaired) electrons. The van der Waals surface area contributed by atoms with Gasteiger partial charge in [-0.2, -0.15) is 8.42 Å². The zero-order chi connectivity index (χ0) is 24.3. The number of rotatable bonds is 14. The van der Waals surface area contributed by atoms with Crippen LogP contribution in [0, 0.1) is 0 Å². The Bertz CT molecular complexity index is 1040. The van der Waals surface area contributed by atoms with Crippen molar-refractivity contribution >= 4 is 22.2 Å². The van der Waals surface area contributed by atoms with E-state index in [4.69, 9.17) is 18.4 Å². The Kier molecular flexibility index (Phi) is 10.1. The van der Waals surface area contributed by atoms with Crippen LogP contribution in [0.25, 0.3) is 6.08 Å². The minimum Gasteiger partial charge on any atom is -0.493 e. The summed E-state index contributed by atoms with van der Waals surface area (Å²) in [5.74, 6) is -0.0339. The normalized spacial score (nSPS) is 11.7. The van der Waals surface area contributed by atoms with Crippen molar-refractivity contribution in [3.8, 4) is 17.2 Å². The minimum absolute atomic E-state index is 0.00124. The molecular formula is C24H30O8S. The van der Waals surface area contributed by atoms with Crippen LogP contribution in [0.2, 0.25) is 0 Å². The van der Waals surface area contributed by atoms with E-state index >= 15 is 0 Å². The number of unbranched alkanes of at least 4 members (excludes halogenated alkanes) is 1. The molecule has 0 spiro atoms. The van der Waals surface area contributed by atoms with E-state index in [0.717, 1.165) is 12.0 Å². The average molecular weight is 479 g/mol. The van der Waals surface area contributed by atoms with Crippen LogP contribution < -0.4 is 13.7 Å². The van der Waals surface area contributed by atoms with Crippen molar-refractivity contribution < 1.29 is 36.7 Å². The number of aliphatic carboxylic acids is 1. The number of benzene rings is 2. The molecule has 1 N–H and O–H groups in total. The van der Waals surface area contributed by atoms with E-state index in [2.05, 4.69) is 0 Å². The quantitative estimate of drug-likeness (QED) is 0.243. The molecule has 0 saturated carbocycles. The summed E-state index contributed by atoms with van der Waals surface area (Å²) in [7, 11) is -2.07. The van der Waals surface area contributed by atoms with Gasteiger partial charge < -0.3 is 23.5 Å². The highest BCUT2D eigenvalue weighted by molar-refractivity contribution is 7.87. The van der Waals surface area contributed by atoms with Gasteiger partial charge in [0.25, 0.3) is 0 Å². The Balaban J connectivity index is 1.97. The summed E-state index contributed by atoms with van der Waals surface area (Å²) in [5, 5.41) is 9.19. The Hall–Kier alpha value is -3.20. The molecule has 9 heteroatoms. The van der Waals surface area contributed by atoms with Gasteiger partial charge in [-0.05, 0) is 54.8 Å². The lowest BCUT2D eigenvalue weighted by molar-refractivity contribution is -0.136. The highest BCUT2D eigenvalue weighted by atomic mass is 32.2. The summed E-state index contributed by atoms with van der Waals surface area (Å²) in [6.45, 7) is 4.24. The van der Waals surface area contributed by atoms with Crippen LogP contribution in [-0.2, 0) is 26.1 Å². The second kappa shape index (κ2) is 12.7. The van der Waals surface area contributed by atoms with Crippen molar-refractivity contribution in [2.45, 2.75) is 33.1 Å². The highest BCUT2D eigenvalue weighted by Crippen LogP contribution is 2.29. The molecule has 0 bridgehead atoms. The molecule has 0 heterocycles. The molecule has 0 unspecified atom stereocenters. The number of carboxylic acids is 1.